The molecule has 0 bridgehead atoms. The van der Waals surface area contributed by atoms with E-state index in [1.165, 1.54) is 43.6 Å². The Morgan fingerprint density at radius 3 is 2.68 bits per heavy atom. The minimum Gasteiger partial charge on any atom is -0.381 e. The second kappa shape index (κ2) is 6.33. The maximum absolute atomic E-state index is 6.57. The van der Waals surface area contributed by atoms with Crippen molar-refractivity contribution >= 4 is 11.8 Å². The summed E-state index contributed by atoms with van der Waals surface area (Å²) in [6, 6.07) is 0.315. The molecule has 3 atom stereocenters. The van der Waals surface area contributed by atoms with E-state index in [-0.39, 0.29) is 5.60 Å². The van der Waals surface area contributed by atoms with Gasteiger partial charge in [-0.3, -0.25) is 0 Å². The molecular formula is C15H27NO2S. The third-order valence-electron chi connectivity index (χ3n) is 5.22. The van der Waals surface area contributed by atoms with Crippen molar-refractivity contribution in [2.45, 2.75) is 50.2 Å². The van der Waals surface area contributed by atoms with Crippen LogP contribution in [0, 0.1) is 11.8 Å². The molecule has 3 fully saturated rings. The number of rotatable bonds is 2. The van der Waals surface area contributed by atoms with Crippen molar-refractivity contribution in [3.05, 3.63) is 0 Å². The standard InChI is InChI=1S/C15H27NO2S/c16-14(13-2-1-6-17-11-13)12-3-7-18-15(10-12)4-8-19-9-5-15/h12-14H,1-11,16H2. The third-order valence-corrected chi connectivity index (χ3v) is 6.20. The van der Waals surface area contributed by atoms with Crippen LogP contribution in [0.5, 0.6) is 0 Å². The monoisotopic (exact) mass is 285 g/mol. The Morgan fingerprint density at radius 2 is 1.95 bits per heavy atom. The molecule has 3 aliphatic rings. The molecule has 3 nitrogen and oxygen atoms in total. The minimum absolute atomic E-state index is 0.168. The molecule has 3 heterocycles. The number of ether oxygens (including phenoxy) is 2. The summed E-state index contributed by atoms with van der Waals surface area (Å²) in [6.07, 6.45) is 7.21. The summed E-state index contributed by atoms with van der Waals surface area (Å²) in [5.41, 5.74) is 6.74. The normalized spacial score (nSPS) is 37.1. The predicted molar refractivity (Wildman–Crippen MR) is 79.5 cm³/mol. The molecule has 0 aromatic carbocycles. The molecule has 110 valence electrons. The van der Waals surface area contributed by atoms with Gasteiger partial charge in [0.15, 0.2) is 0 Å². The Morgan fingerprint density at radius 1 is 1.11 bits per heavy atom. The maximum Gasteiger partial charge on any atom is 0.0701 e. The van der Waals surface area contributed by atoms with Crippen LogP contribution in [0.2, 0.25) is 0 Å². The molecule has 2 N–H and O–H groups in total. The smallest absolute Gasteiger partial charge is 0.0701 e. The van der Waals surface area contributed by atoms with Crippen molar-refractivity contribution in [1.29, 1.82) is 0 Å². The van der Waals surface area contributed by atoms with Gasteiger partial charge >= 0.3 is 0 Å². The summed E-state index contributed by atoms with van der Waals surface area (Å²) in [5, 5.41) is 0. The van der Waals surface area contributed by atoms with Crippen LogP contribution in [0.1, 0.15) is 38.5 Å². The lowest BCUT2D eigenvalue weighted by Crippen LogP contribution is -2.50. The average molecular weight is 285 g/mol. The largest absolute Gasteiger partial charge is 0.381 e. The molecule has 3 unspecified atom stereocenters. The Labute approximate surface area is 121 Å². The molecule has 3 saturated heterocycles. The van der Waals surface area contributed by atoms with Gasteiger partial charge in [0.2, 0.25) is 0 Å². The summed E-state index contributed by atoms with van der Waals surface area (Å²) >= 11 is 2.07. The zero-order chi connectivity index (χ0) is 13.1. The van der Waals surface area contributed by atoms with Gasteiger partial charge in [-0.25, -0.2) is 0 Å². The number of thioether (sulfide) groups is 1. The topological polar surface area (TPSA) is 44.5 Å². The molecule has 0 aromatic heterocycles. The lowest BCUT2D eigenvalue weighted by molar-refractivity contribution is -0.111. The zero-order valence-corrected chi connectivity index (χ0v) is 12.6. The van der Waals surface area contributed by atoms with Gasteiger partial charge in [-0.15, -0.1) is 0 Å². The Hall–Kier alpha value is 0.230. The molecule has 3 aliphatic heterocycles. The van der Waals surface area contributed by atoms with E-state index in [0.717, 1.165) is 26.2 Å². The van der Waals surface area contributed by atoms with E-state index in [1.807, 2.05) is 0 Å². The van der Waals surface area contributed by atoms with E-state index in [0.29, 0.717) is 17.9 Å². The van der Waals surface area contributed by atoms with Crippen molar-refractivity contribution < 1.29 is 9.47 Å². The highest BCUT2D eigenvalue weighted by molar-refractivity contribution is 7.99. The number of hydrogen-bond donors (Lipinski definition) is 1. The van der Waals surface area contributed by atoms with Crippen molar-refractivity contribution in [2.75, 3.05) is 31.3 Å². The Balaban J connectivity index is 1.60. The van der Waals surface area contributed by atoms with E-state index in [2.05, 4.69) is 11.8 Å². The SMILES string of the molecule is NC(C1CCCOC1)C1CCOC2(CCSCC2)C1. The molecule has 19 heavy (non-hydrogen) atoms. The maximum atomic E-state index is 6.57. The molecule has 3 rings (SSSR count). The number of hydrogen-bond acceptors (Lipinski definition) is 4. The first-order chi connectivity index (χ1) is 9.29. The van der Waals surface area contributed by atoms with E-state index >= 15 is 0 Å². The van der Waals surface area contributed by atoms with Gasteiger partial charge in [0, 0.05) is 19.3 Å². The fraction of sp³-hybridized carbons (Fsp3) is 1.00. The fourth-order valence-corrected chi connectivity index (χ4v) is 5.18. The first-order valence-corrected chi connectivity index (χ1v) is 9.00. The highest BCUT2D eigenvalue weighted by Crippen LogP contribution is 2.41. The summed E-state index contributed by atoms with van der Waals surface area (Å²) in [4.78, 5) is 0. The van der Waals surface area contributed by atoms with Gasteiger partial charge in [0.05, 0.1) is 12.2 Å². The molecule has 0 saturated carbocycles. The van der Waals surface area contributed by atoms with Gasteiger partial charge < -0.3 is 15.2 Å². The van der Waals surface area contributed by atoms with E-state index in [1.54, 1.807) is 0 Å². The Kier molecular flexibility index (Phi) is 4.73. The average Bonchev–Trinajstić information content (AvgIpc) is 2.48. The van der Waals surface area contributed by atoms with Gasteiger partial charge in [-0.1, -0.05) is 0 Å². The summed E-state index contributed by atoms with van der Waals surface area (Å²) in [6.45, 7) is 2.72. The second-order valence-electron chi connectivity index (χ2n) is 6.45. The summed E-state index contributed by atoms with van der Waals surface area (Å²) in [7, 11) is 0. The summed E-state index contributed by atoms with van der Waals surface area (Å²) < 4.78 is 11.8. The van der Waals surface area contributed by atoms with Crippen molar-refractivity contribution in [3.63, 3.8) is 0 Å². The molecule has 4 heteroatoms. The predicted octanol–water partition coefficient (Wildman–Crippen LogP) is 2.43. The molecule has 0 aliphatic carbocycles. The quantitative estimate of drug-likeness (QED) is 0.846. The molecule has 0 aromatic rings. The lowest BCUT2D eigenvalue weighted by atomic mass is 9.74. The third kappa shape index (κ3) is 3.29. The highest BCUT2D eigenvalue weighted by Gasteiger charge is 2.41. The fourth-order valence-electron chi connectivity index (χ4n) is 3.94. The second-order valence-corrected chi connectivity index (χ2v) is 7.68. The van der Waals surface area contributed by atoms with Gasteiger partial charge in [-0.2, -0.15) is 11.8 Å². The van der Waals surface area contributed by atoms with Crippen LogP contribution in [0.15, 0.2) is 0 Å². The van der Waals surface area contributed by atoms with Crippen molar-refractivity contribution in [3.8, 4) is 0 Å². The minimum atomic E-state index is 0.168. The first kappa shape index (κ1) is 14.2. The number of nitrogens with two attached hydrogens (primary N) is 1. The lowest BCUT2D eigenvalue weighted by Gasteiger charge is -2.46. The van der Waals surface area contributed by atoms with Crippen molar-refractivity contribution in [2.24, 2.45) is 17.6 Å². The molecule has 0 radical (unpaired) electrons. The van der Waals surface area contributed by atoms with E-state index in [9.17, 15) is 0 Å². The van der Waals surface area contributed by atoms with Crippen LogP contribution in [0.25, 0.3) is 0 Å². The zero-order valence-electron chi connectivity index (χ0n) is 11.8. The molecule has 0 amide bonds. The van der Waals surface area contributed by atoms with Gasteiger partial charge in [0.1, 0.15) is 0 Å². The van der Waals surface area contributed by atoms with Crippen LogP contribution >= 0.6 is 11.8 Å². The first-order valence-electron chi connectivity index (χ1n) is 7.84. The van der Waals surface area contributed by atoms with Crippen LogP contribution in [0.4, 0.5) is 0 Å². The van der Waals surface area contributed by atoms with Crippen LogP contribution < -0.4 is 5.73 Å². The highest BCUT2D eigenvalue weighted by atomic mass is 32.2. The Bertz CT molecular complexity index is 282. The summed E-state index contributed by atoms with van der Waals surface area (Å²) in [5.74, 6) is 3.73. The van der Waals surface area contributed by atoms with Gasteiger partial charge in [-0.05, 0) is 61.9 Å². The van der Waals surface area contributed by atoms with E-state index in [4.69, 9.17) is 15.2 Å². The van der Waals surface area contributed by atoms with Crippen LogP contribution in [0.3, 0.4) is 0 Å². The van der Waals surface area contributed by atoms with Crippen LogP contribution in [-0.2, 0) is 9.47 Å². The van der Waals surface area contributed by atoms with Gasteiger partial charge in [0.25, 0.3) is 0 Å². The van der Waals surface area contributed by atoms with Crippen molar-refractivity contribution in [1.82, 2.24) is 0 Å². The molecule has 1 spiro atoms. The van der Waals surface area contributed by atoms with E-state index < -0.39 is 0 Å². The molecular weight excluding hydrogens is 258 g/mol. The van der Waals surface area contributed by atoms with Crippen LogP contribution in [-0.4, -0.2) is 43.0 Å².